The number of hydrogen-bond acceptors (Lipinski definition) is 4. The van der Waals surface area contributed by atoms with Crippen molar-refractivity contribution in [3.63, 3.8) is 0 Å². The van der Waals surface area contributed by atoms with Crippen LogP contribution in [0.25, 0.3) is 0 Å². The Labute approximate surface area is 125 Å². The molecule has 2 amide bonds. The molecule has 0 spiro atoms. The Morgan fingerprint density at radius 3 is 2.24 bits per heavy atom. The van der Waals surface area contributed by atoms with Crippen LogP contribution in [-0.4, -0.2) is 36.8 Å². The zero-order chi connectivity index (χ0) is 16.0. The van der Waals surface area contributed by atoms with E-state index in [0.717, 1.165) is 5.06 Å². The molecular formula is C15H22N2O4. The SMILES string of the molecule is CON(C)C(=O)[C@H](NC(=O)OC(C)(C)C)c1ccccc1. The van der Waals surface area contributed by atoms with Crippen molar-refractivity contribution in [2.75, 3.05) is 14.2 Å². The lowest BCUT2D eigenvalue weighted by Gasteiger charge is -2.25. The van der Waals surface area contributed by atoms with Crippen molar-refractivity contribution < 1.29 is 19.2 Å². The molecule has 6 nitrogen and oxygen atoms in total. The van der Waals surface area contributed by atoms with Crippen molar-refractivity contribution in [2.24, 2.45) is 0 Å². The third-order valence-electron chi connectivity index (χ3n) is 2.63. The monoisotopic (exact) mass is 294 g/mol. The molecule has 0 bridgehead atoms. The summed E-state index contributed by atoms with van der Waals surface area (Å²) in [5, 5.41) is 3.64. The minimum Gasteiger partial charge on any atom is -0.444 e. The van der Waals surface area contributed by atoms with E-state index in [9.17, 15) is 9.59 Å². The first-order valence-corrected chi connectivity index (χ1v) is 6.60. The summed E-state index contributed by atoms with van der Waals surface area (Å²) >= 11 is 0. The molecule has 1 N–H and O–H groups in total. The summed E-state index contributed by atoms with van der Waals surface area (Å²) in [4.78, 5) is 29.1. The van der Waals surface area contributed by atoms with Crippen LogP contribution >= 0.6 is 0 Å². The Morgan fingerprint density at radius 2 is 1.76 bits per heavy atom. The van der Waals surface area contributed by atoms with Crippen LogP contribution in [0.5, 0.6) is 0 Å². The molecule has 1 atom stereocenters. The first kappa shape index (κ1) is 17.0. The van der Waals surface area contributed by atoms with E-state index in [0.29, 0.717) is 5.56 Å². The molecule has 1 aromatic rings. The van der Waals surface area contributed by atoms with Crippen LogP contribution in [0.4, 0.5) is 4.79 Å². The largest absolute Gasteiger partial charge is 0.444 e. The fraction of sp³-hybridized carbons (Fsp3) is 0.467. The first-order chi connectivity index (χ1) is 9.74. The van der Waals surface area contributed by atoms with Crippen LogP contribution in [0.15, 0.2) is 30.3 Å². The number of amides is 2. The van der Waals surface area contributed by atoms with Gasteiger partial charge in [0.15, 0.2) is 0 Å². The van der Waals surface area contributed by atoms with Gasteiger partial charge in [-0.15, -0.1) is 0 Å². The van der Waals surface area contributed by atoms with Crippen LogP contribution in [0.1, 0.15) is 32.4 Å². The van der Waals surface area contributed by atoms with E-state index in [1.807, 2.05) is 6.07 Å². The van der Waals surface area contributed by atoms with E-state index in [2.05, 4.69) is 5.32 Å². The number of nitrogens with one attached hydrogen (secondary N) is 1. The molecule has 1 aromatic carbocycles. The highest BCUT2D eigenvalue weighted by molar-refractivity contribution is 5.86. The second kappa shape index (κ2) is 7.08. The van der Waals surface area contributed by atoms with Crippen LogP contribution in [0, 0.1) is 0 Å². The maximum atomic E-state index is 12.3. The summed E-state index contributed by atoms with van der Waals surface area (Å²) in [6.07, 6.45) is -0.658. The number of hydroxylamine groups is 2. The number of carbonyl (C=O) groups is 2. The third kappa shape index (κ3) is 5.43. The minimum atomic E-state index is -0.869. The molecule has 6 heteroatoms. The molecular weight excluding hydrogens is 272 g/mol. The van der Waals surface area contributed by atoms with Gasteiger partial charge in [0.1, 0.15) is 11.6 Å². The van der Waals surface area contributed by atoms with E-state index < -0.39 is 23.6 Å². The Bertz CT molecular complexity index is 482. The standard InChI is InChI=1S/C15H22N2O4/c1-15(2,3)21-14(19)16-12(13(18)17(4)20-5)11-9-7-6-8-10-11/h6-10,12H,1-5H3,(H,16,19)/t12-/m1/s1. The predicted octanol–water partition coefficient (Wildman–Crippen LogP) is 2.27. The normalized spacial score (nSPS) is 12.4. The smallest absolute Gasteiger partial charge is 0.408 e. The van der Waals surface area contributed by atoms with Crippen molar-refractivity contribution in [1.82, 2.24) is 10.4 Å². The van der Waals surface area contributed by atoms with E-state index in [-0.39, 0.29) is 0 Å². The average molecular weight is 294 g/mol. The third-order valence-corrected chi connectivity index (χ3v) is 2.63. The summed E-state index contributed by atoms with van der Waals surface area (Å²) in [5.41, 5.74) is 0.0129. The number of ether oxygens (including phenoxy) is 1. The predicted molar refractivity (Wildman–Crippen MR) is 78.3 cm³/mol. The van der Waals surface area contributed by atoms with Crippen LogP contribution < -0.4 is 5.32 Å². The quantitative estimate of drug-likeness (QED) is 0.865. The first-order valence-electron chi connectivity index (χ1n) is 6.60. The molecule has 0 aliphatic rings. The second-order valence-electron chi connectivity index (χ2n) is 5.51. The summed E-state index contributed by atoms with van der Waals surface area (Å²) in [7, 11) is 2.86. The molecule has 0 aromatic heterocycles. The highest BCUT2D eigenvalue weighted by atomic mass is 16.7. The van der Waals surface area contributed by atoms with Gasteiger partial charge in [0.2, 0.25) is 0 Å². The van der Waals surface area contributed by atoms with E-state index in [4.69, 9.17) is 9.57 Å². The summed E-state index contributed by atoms with van der Waals surface area (Å²) < 4.78 is 5.19. The van der Waals surface area contributed by atoms with Crippen molar-refractivity contribution in [3.05, 3.63) is 35.9 Å². The topological polar surface area (TPSA) is 67.9 Å². The van der Waals surface area contributed by atoms with Gasteiger partial charge in [0.05, 0.1) is 7.11 Å². The lowest BCUT2D eigenvalue weighted by atomic mass is 10.1. The Kier molecular flexibility index (Phi) is 5.72. The summed E-state index contributed by atoms with van der Waals surface area (Å²) in [5.74, 6) is -0.394. The molecule has 0 radical (unpaired) electrons. The maximum absolute atomic E-state index is 12.3. The fourth-order valence-electron chi connectivity index (χ4n) is 1.63. The Balaban J connectivity index is 2.93. The molecule has 21 heavy (non-hydrogen) atoms. The molecule has 0 fully saturated rings. The second-order valence-corrected chi connectivity index (χ2v) is 5.51. The number of alkyl carbamates (subject to hydrolysis) is 1. The van der Waals surface area contributed by atoms with Gasteiger partial charge in [0, 0.05) is 7.05 Å². The van der Waals surface area contributed by atoms with Gasteiger partial charge in [-0.1, -0.05) is 30.3 Å². The number of rotatable bonds is 4. The van der Waals surface area contributed by atoms with Crippen LogP contribution in [0.3, 0.4) is 0 Å². The van der Waals surface area contributed by atoms with Gasteiger partial charge in [-0.05, 0) is 26.3 Å². The zero-order valence-corrected chi connectivity index (χ0v) is 13.0. The molecule has 116 valence electrons. The zero-order valence-electron chi connectivity index (χ0n) is 13.0. The van der Waals surface area contributed by atoms with Crippen molar-refractivity contribution in [3.8, 4) is 0 Å². The average Bonchev–Trinajstić information content (AvgIpc) is 2.42. The molecule has 0 aliphatic heterocycles. The van der Waals surface area contributed by atoms with Crippen LogP contribution in [-0.2, 0) is 14.4 Å². The number of hydrogen-bond donors (Lipinski definition) is 1. The lowest BCUT2D eigenvalue weighted by molar-refractivity contribution is -0.171. The van der Waals surface area contributed by atoms with Gasteiger partial charge in [-0.2, -0.15) is 0 Å². The summed E-state index contributed by atoms with van der Waals surface area (Å²) in [6, 6.07) is 8.05. The maximum Gasteiger partial charge on any atom is 0.408 e. The molecule has 0 unspecified atom stereocenters. The van der Waals surface area contributed by atoms with Crippen molar-refractivity contribution in [1.29, 1.82) is 0 Å². The van der Waals surface area contributed by atoms with E-state index in [1.165, 1.54) is 14.2 Å². The molecule has 1 rings (SSSR count). The number of nitrogens with zero attached hydrogens (tertiary/aromatic N) is 1. The molecule has 0 saturated heterocycles. The van der Waals surface area contributed by atoms with E-state index in [1.54, 1.807) is 45.0 Å². The Morgan fingerprint density at radius 1 is 1.19 bits per heavy atom. The summed E-state index contributed by atoms with van der Waals surface area (Å²) in [6.45, 7) is 5.27. The number of likely N-dealkylation sites (N-methyl/N-ethyl adjacent to an activating group) is 1. The molecule has 0 aliphatic carbocycles. The van der Waals surface area contributed by atoms with Gasteiger partial charge in [-0.25, -0.2) is 9.86 Å². The van der Waals surface area contributed by atoms with Crippen molar-refractivity contribution >= 4 is 12.0 Å². The molecule has 0 heterocycles. The van der Waals surface area contributed by atoms with Gasteiger partial charge < -0.3 is 10.1 Å². The van der Waals surface area contributed by atoms with Gasteiger partial charge in [0.25, 0.3) is 5.91 Å². The Hall–Kier alpha value is -2.08. The fourth-order valence-corrected chi connectivity index (χ4v) is 1.63. The van der Waals surface area contributed by atoms with E-state index >= 15 is 0 Å². The lowest BCUT2D eigenvalue weighted by Crippen LogP contribution is -2.42. The molecule has 0 saturated carbocycles. The number of benzene rings is 1. The number of carbonyl (C=O) groups excluding carboxylic acids is 2. The highest BCUT2D eigenvalue weighted by Crippen LogP contribution is 2.17. The highest BCUT2D eigenvalue weighted by Gasteiger charge is 2.28. The van der Waals surface area contributed by atoms with Crippen molar-refractivity contribution in [2.45, 2.75) is 32.4 Å². The van der Waals surface area contributed by atoms with Crippen LogP contribution in [0.2, 0.25) is 0 Å². The minimum absolute atomic E-state index is 0.394. The van der Waals surface area contributed by atoms with Gasteiger partial charge in [-0.3, -0.25) is 9.63 Å². The van der Waals surface area contributed by atoms with Gasteiger partial charge >= 0.3 is 6.09 Å².